The second kappa shape index (κ2) is 4.43. The fraction of sp³-hybridized carbons (Fsp3) is 0.500. The van der Waals surface area contributed by atoms with Gasteiger partial charge in [0.05, 0.1) is 6.61 Å². The van der Waals surface area contributed by atoms with E-state index in [1.807, 2.05) is 19.9 Å². The average molecular weight is 289 g/mol. The van der Waals surface area contributed by atoms with E-state index in [-0.39, 0.29) is 11.9 Å². The third-order valence-electron chi connectivity index (χ3n) is 2.61. The Morgan fingerprint density at radius 3 is 2.81 bits per heavy atom. The van der Waals surface area contributed by atoms with Crippen LogP contribution in [0.2, 0.25) is 0 Å². The Hall–Kier alpha value is -0.450. The van der Waals surface area contributed by atoms with Gasteiger partial charge in [0.1, 0.15) is 11.9 Å². The molecule has 0 spiro atoms. The van der Waals surface area contributed by atoms with Crippen LogP contribution in [-0.2, 0) is 14.8 Å². The molecule has 1 aliphatic rings. The van der Waals surface area contributed by atoms with Gasteiger partial charge in [0, 0.05) is 10.9 Å². The lowest BCUT2D eigenvalue weighted by Gasteiger charge is -2.17. The zero-order valence-corrected chi connectivity index (χ0v) is 10.9. The van der Waals surface area contributed by atoms with Gasteiger partial charge < -0.3 is 9.47 Å². The number of benzene rings is 1. The Morgan fingerprint density at radius 2 is 2.25 bits per heavy atom. The monoisotopic (exact) mass is 288 g/mol. The molecular weight excluding hydrogens is 275 g/mol. The molecule has 88 valence electrons. The number of rotatable bonds is 2. The summed E-state index contributed by atoms with van der Waals surface area (Å²) in [4.78, 5) is 0. The van der Waals surface area contributed by atoms with Crippen molar-refractivity contribution in [2.45, 2.75) is 31.1 Å². The minimum absolute atomic E-state index is 0.203. The van der Waals surface area contributed by atoms with Crippen LogP contribution in [0.5, 0.6) is 0 Å². The molecule has 2 nitrogen and oxygen atoms in total. The van der Waals surface area contributed by atoms with Gasteiger partial charge >= 0.3 is 0 Å². The summed E-state index contributed by atoms with van der Waals surface area (Å²) in [5.41, 5.74) is 1.22. The maximum atomic E-state index is 14.0. The Kier molecular flexibility index (Phi) is 3.33. The second-order valence-electron chi connectivity index (χ2n) is 4.27. The maximum absolute atomic E-state index is 14.0. The molecule has 1 aromatic carbocycles. The number of alkyl halides is 1. The van der Waals surface area contributed by atoms with Crippen LogP contribution in [-0.4, -0.2) is 12.4 Å². The second-order valence-corrected chi connectivity index (χ2v) is 4.83. The smallest absolute Gasteiger partial charge is 0.163 e. The molecule has 16 heavy (non-hydrogen) atoms. The fourth-order valence-corrected chi connectivity index (χ4v) is 2.22. The SMILES string of the molecule is CC1(C)OCC(c2cccc(CBr)c2F)O1. The van der Waals surface area contributed by atoms with Crippen molar-refractivity contribution in [3.05, 3.63) is 35.1 Å². The molecule has 0 radical (unpaired) electrons. The Balaban J connectivity index is 2.28. The lowest BCUT2D eigenvalue weighted by Crippen LogP contribution is -2.19. The van der Waals surface area contributed by atoms with Crippen molar-refractivity contribution in [1.29, 1.82) is 0 Å². The van der Waals surface area contributed by atoms with Crippen molar-refractivity contribution >= 4 is 15.9 Å². The van der Waals surface area contributed by atoms with Gasteiger partial charge in [-0.25, -0.2) is 4.39 Å². The minimum Gasteiger partial charge on any atom is -0.347 e. The summed E-state index contributed by atoms with van der Waals surface area (Å²) in [5.74, 6) is -0.827. The summed E-state index contributed by atoms with van der Waals surface area (Å²) >= 11 is 3.26. The van der Waals surface area contributed by atoms with E-state index in [1.165, 1.54) is 0 Å². The number of hydrogen-bond acceptors (Lipinski definition) is 2. The molecule has 0 aromatic heterocycles. The fourth-order valence-electron chi connectivity index (χ4n) is 1.79. The summed E-state index contributed by atoms with van der Waals surface area (Å²) in [6.07, 6.45) is -0.311. The summed E-state index contributed by atoms with van der Waals surface area (Å²) in [6, 6.07) is 5.34. The van der Waals surface area contributed by atoms with Crippen LogP contribution >= 0.6 is 15.9 Å². The van der Waals surface area contributed by atoms with Crippen LogP contribution in [0, 0.1) is 5.82 Å². The quantitative estimate of drug-likeness (QED) is 0.775. The van der Waals surface area contributed by atoms with Crippen LogP contribution in [0.3, 0.4) is 0 Å². The Bertz CT molecular complexity index is 393. The van der Waals surface area contributed by atoms with Gasteiger partial charge in [0.2, 0.25) is 0 Å². The highest BCUT2D eigenvalue weighted by Crippen LogP contribution is 2.34. The maximum Gasteiger partial charge on any atom is 0.163 e. The number of ether oxygens (including phenoxy) is 2. The molecule has 4 heteroatoms. The molecule has 0 N–H and O–H groups in total. The molecule has 2 rings (SSSR count). The molecule has 0 amide bonds. The predicted molar refractivity (Wildman–Crippen MR) is 62.9 cm³/mol. The average Bonchev–Trinajstić information content (AvgIpc) is 2.59. The van der Waals surface area contributed by atoms with Crippen molar-refractivity contribution in [3.63, 3.8) is 0 Å². The molecule has 1 heterocycles. The lowest BCUT2D eigenvalue weighted by molar-refractivity contribution is -0.139. The van der Waals surface area contributed by atoms with E-state index in [0.29, 0.717) is 23.1 Å². The van der Waals surface area contributed by atoms with E-state index in [2.05, 4.69) is 15.9 Å². The molecule has 1 saturated heterocycles. The first-order valence-electron chi connectivity index (χ1n) is 5.18. The normalized spacial score (nSPS) is 23.6. The van der Waals surface area contributed by atoms with Crippen LogP contribution in [0.15, 0.2) is 18.2 Å². The molecule has 1 fully saturated rings. The summed E-state index contributed by atoms with van der Waals surface area (Å²) in [5, 5.41) is 0.504. The highest BCUT2D eigenvalue weighted by Gasteiger charge is 2.35. The van der Waals surface area contributed by atoms with E-state index in [4.69, 9.17) is 9.47 Å². The van der Waals surface area contributed by atoms with Crippen molar-refractivity contribution in [1.82, 2.24) is 0 Å². The van der Waals surface area contributed by atoms with E-state index in [1.54, 1.807) is 12.1 Å². The van der Waals surface area contributed by atoms with Gasteiger partial charge in [0.25, 0.3) is 0 Å². The van der Waals surface area contributed by atoms with Crippen molar-refractivity contribution < 1.29 is 13.9 Å². The molecule has 1 unspecified atom stereocenters. The Labute approximate surface area is 103 Å². The van der Waals surface area contributed by atoms with Crippen LogP contribution in [0.1, 0.15) is 31.1 Å². The zero-order valence-electron chi connectivity index (χ0n) is 9.30. The first kappa shape index (κ1) is 12.0. The topological polar surface area (TPSA) is 18.5 Å². The summed E-state index contributed by atoms with van der Waals surface area (Å²) < 4.78 is 25.1. The minimum atomic E-state index is -0.623. The van der Waals surface area contributed by atoms with E-state index in [0.717, 1.165) is 0 Å². The molecule has 1 aromatic rings. The van der Waals surface area contributed by atoms with Gasteiger partial charge in [-0.2, -0.15) is 0 Å². The van der Waals surface area contributed by atoms with Gasteiger partial charge in [-0.05, 0) is 19.4 Å². The van der Waals surface area contributed by atoms with Crippen LogP contribution < -0.4 is 0 Å². The third-order valence-corrected chi connectivity index (χ3v) is 3.21. The van der Waals surface area contributed by atoms with Gasteiger partial charge in [-0.15, -0.1) is 0 Å². The lowest BCUT2D eigenvalue weighted by atomic mass is 10.1. The molecule has 0 bridgehead atoms. The van der Waals surface area contributed by atoms with E-state index in [9.17, 15) is 4.39 Å². The summed E-state index contributed by atoms with van der Waals surface area (Å²) in [7, 11) is 0. The molecule has 0 saturated carbocycles. The van der Waals surface area contributed by atoms with Crippen LogP contribution in [0.25, 0.3) is 0 Å². The third kappa shape index (κ3) is 2.29. The van der Waals surface area contributed by atoms with Crippen molar-refractivity contribution in [3.8, 4) is 0 Å². The predicted octanol–water partition coefficient (Wildman–Crippen LogP) is 3.54. The number of hydrogen-bond donors (Lipinski definition) is 0. The molecule has 0 aliphatic carbocycles. The highest BCUT2D eigenvalue weighted by molar-refractivity contribution is 9.08. The molecule has 1 atom stereocenters. The first-order chi connectivity index (χ1) is 7.53. The van der Waals surface area contributed by atoms with Crippen molar-refractivity contribution in [2.75, 3.05) is 6.61 Å². The number of halogens is 2. The van der Waals surface area contributed by atoms with Gasteiger partial charge in [-0.1, -0.05) is 34.1 Å². The largest absolute Gasteiger partial charge is 0.347 e. The van der Waals surface area contributed by atoms with E-state index >= 15 is 0 Å². The molecule has 1 aliphatic heterocycles. The standard InChI is InChI=1S/C12H14BrFO2/c1-12(2)15-7-10(16-12)9-5-3-4-8(6-13)11(9)14/h3-5,10H,6-7H2,1-2H3. The molecular formula is C12H14BrFO2. The summed E-state index contributed by atoms with van der Waals surface area (Å²) in [6.45, 7) is 4.06. The zero-order chi connectivity index (χ0) is 11.8. The van der Waals surface area contributed by atoms with E-state index < -0.39 is 5.79 Å². The highest BCUT2D eigenvalue weighted by atomic mass is 79.9. The van der Waals surface area contributed by atoms with Gasteiger partial charge in [0.15, 0.2) is 5.79 Å². The van der Waals surface area contributed by atoms with Crippen molar-refractivity contribution in [2.24, 2.45) is 0 Å². The first-order valence-corrected chi connectivity index (χ1v) is 6.30. The Morgan fingerprint density at radius 1 is 1.50 bits per heavy atom. The van der Waals surface area contributed by atoms with Gasteiger partial charge in [-0.3, -0.25) is 0 Å². The van der Waals surface area contributed by atoms with Crippen LogP contribution in [0.4, 0.5) is 4.39 Å².